The molecule has 1 heterocycles. The molecule has 1 aliphatic rings. The standard InChI is InChI=1S/C11H12N2OS/c12-4-8-1-2-11(9(3-8)5-13)15-10-6-14-7-10/h1-3,10H,4,6-7,12H2. The van der Waals surface area contributed by atoms with Gasteiger partial charge in [-0.25, -0.2) is 0 Å². The molecular weight excluding hydrogens is 208 g/mol. The summed E-state index contributed by atoms with van der Waals surface area (Å²) in [4.78, 5) is 1.03. The van der Waals surface area contributed by atoms with Gasteiger partial charge in [0.2, 0.25) is 0 Å². The summed E-state index contributed by atoms with van der Waals surface area (Å²) in [6.07, 6.45) is 0. The van der Waals surface area contributed by atoms with Gasteiger partial charge in [-0.3, -0.25) is 0 Å². The highest BCUT2D eigenvalue weighted by molar-refractivity contribution is 8.00. The molecule has 0 spiro atoms. The molecule has 4 heteroatoms. The Labute approximate surface area is 93.2 Å². The lowest BCUT2D eigenvalue weighted by Crippen LogP contribution is -2.30. The predicted molar refractivity (Wildman–Crippen MR) is 59.5 cm³/mol. The zero-order valence-electron chi connectivity index (χ0n) is 8.27. The van der Waals surface area contributed by atoms with Crippen LogP contribution in [0.4, 0.5) is 0 Å². The third-order valence-electron chi connectivity index (χ3n) is 2.30. The van der Waals surface area contributed by atoms with Crippen LogP contribution in [0.2, 0.25) is 0 Å². The maximum absolute atomic E-state index is 9.01. The van der Waals surface area contributed by atoms with E-state index in [1.54, 1.807) is 11.8 Å². The van der Waals surface area contributed by atoms with Crippen LogP contribution in [0.1, 0.15) is 11.1 Å². The van der Waals surface area contributed by atoms with Gasteiger partial charge >= 0.3 is 0 Å². The Balaban J connectivity index is 2.18. The lowest BCUT2D eigenvalue weighted by Gasteiger charge is -2.25. The molecule has 2 rings (SSSR count). The van der Waals surface area contributed by atoms with Gasteiger partial charge in [-0.05, 0) is 17.7 Å². The second kappa shape index (κ2) is 4.67. The average Bonchev–Trinajstić information content (AvgIpc) is 2.23. The fourth-order valence-electron chi connectivity index (χ4n) is 1.36. The quantitative estimate of drug-likeness (QED) is 0.838. The predicted octanol–water partition coefficient (Wildman–Crippen LogP) is 1.51. The van der Waals surface area contributed by atoms with Crippen LogP contribution in [0.5, 0.6) is 0 Å². The number of hydrogen-bond acceptors (Lipinski definition) is 4. The van der Waals surface area contributed by atoms with Gasteiger partial charge in [0.15, 0.2) is 0 Å². The average molecular weight is 220 g/mol. The molecule has 3 nitrogen and oxygen atoms in total. The zero-order chi connectivity index (χ0) is 10.7. The number of benzene rings is 1. The minimum Gasteiger partial charge on any atom is -0.379 e. The molecule has 1 aromatic carbocycles. The normalized spacial score (nSPS) is 15.7. The van der Waals surface area contributed by atoms with Crippen molar-refractivity contribution < 1.29 is 4.74 Å². The van der Waals surface area contributed by atoms with Crippen molar-refractivity contribution in [1.82, 2.24) is 0 Å². The molecule has 0 bridgehead atoms. The molecule has 0 unspecified atom stereocenters. The van der Waals surface area contributed by atoms with E-state index in [0.717, 1.165) is 29.2 Å². The van der Waals surface area contributed by atoms with Gasteiger partial charge in [0.05, 0.1) is 24.0 Å². The van der Waals surface area contributed by atoms with Crippen molar-refractivity contribution in [2.24, 2.45) is 5.73 Å². The van der Waals surface area contributed by atoms with Crippen molar-refractivity contribution in [3.63, 3.8) is 0 Å². The second-order valence-corrected chi connectivity index (χ2v) is 4.77. The first-order valence-electron chi connectivity index (χ1n) is 4.81. The van der Waals surface area contributed by atoms with E-state index in [-0.39, 0.29) is 0 Å². The van der Waals surface area contributed by atoms with Crippen LogP contribution in [-0.4, -0.2) is 18.5 Å². The SMILES string of the molecule is N#Cc1cc(CN)ccc1SC1COC1. The maximum Gasteiger partial charge on any atom is 0.100 e. The Morgan fingerprint density at radius 3 is 2.87 bits per heavy atom. The molecule has 0 saturated carbocycles. The fraction of sp³-hybridized carbons (Fsp3) is 0.364. The topological polar surface area (TPSA) is 59.0 Å². The summed E-state index contributed by atoms with van der Waals surface area (Å²) < 4.78 is 5.10. The van der Waals surface area contributed by atoms with Crippen LogP contribution in [0.3, 0.4) is 0 Å². The van der Waals surface area contributed by atoms with Crippen LogP contribution in [0.25, 0.3) is 0 Å². The van der Waals surface area contributed by atoms with Gasteiger partial charge in [0, 0.05) is 11.4 Å². The lowest BCUT2D eigenvalue weighted by molar-refractivity contribution is 0.0455. The highest BCUT2D eigenvalue weighted by Gasteiger charge is 2.20. The molecule has 0 atom stereocenters. The van der Waals surface area contributed by atoms with Gasteiger partial charge < -0.3 is 10.5 Å². The maximum atomic E-state index is 9.01. The molecule has 0 aliphatic carbocycles. The van der Waals surface area contributed by atoms with Crippen molar-refractivity contribution in [2.75, 3.05) is 13.2 Å². The molecule has 1 aromatic rings. The zero-order valence-corrected chi connectivity index (χ0v) is 9.09. The van der Waals surface area contributed by atoms with Crippen molar-refractivity contribution in [1.29, 1.82) is 5.26 Å². The number of rotatable bonds is 3. The summed E-state index contributed by atoms with van der Waals surface area (Å²) in [5.41, 5.74) is 7.24. The highest BCUT2D eigenvalue weighted by atomic mass is 32.2. The van der Waals surface area contributed by atoms with E-state index in [4.69, 9.17) is 15.7 Å². The number of ether oxygens (including phenoxy) is 1. The number of hydrogen-bond donors (Lipinski definition) is 1. The third-order valence-corrected chi connectivity index (χ3v) is 3.52. The summed E-state index contributed by atoms with van der Waals surface area (Å²) in [7, 11) is 0. The fourth-order valence-corrected chi connectivity index (χ4v) is 2.42. The Hall–Kier alpha value is -1.02. The number of nitrogens with zero attached hydrogens (tertiary/aromatic N) is 1. The Morgan fingerprint density at radius 1 is 1.53 bits per heavy atom. The number of nitrogens with two attached hydrogens (primary N) is 1. The number of thioether (sulfide) groups is 1. The molecule has 0 radical (unpaired) electrons. The lowest BCUT2D eigenvalue weighted by atomic mass is 10.1. The summed E-state index contributed by atoms with van der Waals surface area (Å²) in [5.74, 6) is 0. The first-order chi connectivity index (χ1) is 7.33. The highest BCUT2D eigenvalue weighted by Crippen LogP contribution is 2.30. The smallest absolute Gasteiger partial charge is 0.100 e. The van der Waals surface area contributed by atoms with E-state index in [1.807, 2.05) is 18.2 Å². The van der Waals surface area contributed by atoms with Crippen molar-refractivity contribution >= 4 is 11.8 Å². The van der Waals surface area contributed by atoms with E-state index >= 15 is 0 Å². The molecule has 78 valence electrons. The summed E-state index contributed by atoms with van der Waals surface area (Å²) in [6, 6.07) is 8.02. The van der Waals surface area contributed by atoms with Crippen molar-refractivity contribution in [3.8, 4) is 6.07 Å². The Kier molecular flexibility index (Phi) is 3.27. The molecule has 0 aromatic heterocycles. The molecular formula is C11H12N2OS. The Morgan fingerprint density at radius 2 is 2.33 bits per heavy atom. The van der Waals surface area contributed by atoms with E-state index in [2.05, 4.69) is 6.07 Å². The van der Waals surface area contributed by atoms with E-state index in [0.29, 0.717) is 11.8 Å². The number of nitriles is 1. The largest absolute Gasteiger partial charge is 0.379 e. The van der Waals surface area contributed by atoms with E-state index in [1.165, 1.54) is 0 Å². The first-order valence-corrected chi connectivity index (χ1v) is 5.69. The van der Waals surface area contributed by atoms with Crippen LogP contribution < -0.4 is 5.73 Å². The van der Waals surface area contributed by atoms with Gasteiger partial charge in [-0.1, -0.05) is 6.07 Å². The van der Waals surface area contributed by atoms with Crippen LogP contribution >= 0.6 is 11.8 Å². The minimum absolute atomic E-state index is 0.478. The van der Waals surface area contributed by atoms with Gasteiger partial charge in [0.1, 0.15) is 6.07 Å². The second-order valence-electron chi connectivity index (χ2n) is 3.42. The van der Waals surface area contributed by atoms with Gasteiger partial charge in [0.25, 0.3) is 0 Å². The van der Waals surface area contributed by atoms with Crippen molar-refractivity contribution in [3.05, 3.63) is 29.3 Å². The molecule has 0 amide bonds. The molecule has 1 fully saturated rings. The van der Waals surface area contributed by atoms with E-state index in [9.17, 15) is 0 Å². The molecule has 15 heavy (non-hydrogen) atoms. The molecule has 1 saturated heterocycles. The third kappa shape index (κ3) is 2.32. The summed E-state index contributed by atoms with van der Waals surface area (Å²) in [6.45, 7) is 2.05. The molecule has 1 aliphatic heterocycles. The first kappa shape index (κ1) is 10.5. The minimum atomic E-state index is 0.478. The van der Waals surface area contributed by atoms with Crippen LogP contribution in [-0.2, 0) is 11.3 Å². The monoisotopic (exact) mass is 220 g/mol. The summed E-state index contributed by atoms with van der Waals surface area (Å²) >= 11 is 1.71. The van der Waals surface area contributed by atoms with Gasteiger partial charge in [-0.15, -0.1) is 11.8 Å². The van der Waals surface area contributed by atoms with Crippen LogP contribution in [0, 0.1) is 11.3 Å². The van der Waals surface area contributed by atoms with Crippen molar-refractivity contribution in [2.45, 2.75) is 16.7 Å². The summed E-state index contributed by atoms with van der Waals surface area (Å²) in [5, 5.41) is 9.51. The Bertz CT molecular complexity index is 396. The van der Waals surface area contributed by atoms with Crippen LogP contribution in [0.15, 0.2) is 23.1 Å². The van der Waals surface area contributed by atoms with Gasteiger partial charge in [-0.2, -0.15) is 5.26 Å². The molecule has 2 N–H and O–H groups in total. The van der Waals surface area contributed by atoms with E-state index < -0.39 is 0 Å².